The molecule has 0 aliphatic carbocycles. The van der Waals surface area contributed by atoms with E-state index in [-0.39, 0.29) is 18.8 Å². The lowest BCUT2D eigenvalue weighted by molar-refractivity contribution is -0.153. The second-order valence-electron chi connectivity index (χ2n) is 6.79. The average Bonchev–Trinajstić information content (AvgIpc) is 3.31. The molecule has 3 rings (SSSR count). The summed E-state index contributed by atoms with van der Waals surface area (Å²) in [5, 5.41) is 10.1. The summed E-state index contributed by atoms with van der Waals surface area (Å²) in [4.78, 5) is 37.0. The number of H-pyrrole nitrogens is 1. The number of unbranched alkanes of at least 4 members (excludes halogenated alkanes) is 1. The lowest BCUT2D eigenvalue weighted by atomic mass is 10.1. The summed E-state index contributed by atoms with van der Waals surface area (Å²) in [7, 11) is 3.80. The molecule has 0 radical (unpaired) electrons. The summed E-state index contributed by atoms with van der Waals surface area (Å²) in [6.45, 7) is -0.411. The molecule has 2 aliphatic heterocycles. The Morgan fingerprint density at radius 3 is 2.96 bits per heavy atom. The van der Waals surface area contributed by atoms with Gasteiger partial charge in [0, 0.05) is 23.8 Å². The second kappa shape index (κ2) is 9.95. The van der Waals surface area contributed by atoms with Crippen molar-refractivity contribution in [3.63, 3.8) is 0 Å². The van der Waals surface area contributed by atoms with Gasteiger partial charge in [0.05, 0.1) is 12.8 Å². The minimum Gasteiger partial charge on any atom is -0.459 e. The number of carbonyl (C=O) groups excluding carboxylic acids is 1. The first kappa shape index (κ1) is 21.4. The zero-order chi connectivity index (χ0) is 20.1. The molecule has 156 valence electrons. The third-order valence-electron chi connectivity index (χ3n) is 4.76. The van der Waals surface area contributed by atoms with Crippen molar-refractivity contribution >= 4 is 27.6 Å². The van der Waals surface area contributed by atoms with Crippen LogP contribution >= 0.6 is 21.6 Å². The summed E-state index contributed by atoms with van der Waals surface area (Å²) in [5.41, 5.74) is -1.95. The SMILES string of the molecule is O=C(CCCC[C@@H]1CCSS1)O[C@H]1C[C@H](n2cc(F)c(=O)[nH]c2=O)O[C@@H]1CO. The fraction of sp³-hybridized carbons (Fsp3) is 0.706. The van der Waals surface area contributed by atoms with Crippen molar-refractivity contribution in [2.75, 3.05) is 12.4 Å². The number of aliphatic hydroxyl groups excluding tert-OH is 1. The summed E-state index contributed by atoms with van der Waals surface area (Å²) in [6, 6.07) is 0. The zero-order valence-corrected chi connectivity index (χ0v) is 16.8. The number of esters is 1. The molecule has 28 heavy (non-hydrogen) atoms. The first-order valence-corrected chi connectivity index (χ1v) is 11.6. The largest absolute Gasteiger partial charge is 0.459 e. The molecular weight excluding hydrogens is 411 g/mol. The molecule has 2 N–H and O–H groups in total. The van der Waals surface area contributed by atoms with Gasteiger partial charge in [-0.3, -0.25) is 19.1 Å². The molecule has 2 fully saturated rings. The van der Waals surface area contributed by atoms with Crippen molar-refractivity contribution in [3.8, 4) is 0 Å². The molecule has 11 heteroatoms. The van der Waals surface area contributed by atoms with E-state index in [4.69, 9.17) is 9.47 Å². The van der Waals surface area contributed by atoms with Crippen LogP contribution in [-0.2, 0) is 14.3 Å². The van der Waals surface area contributed by atoms with Gasteiger partial charge in [0.25, 0.3) is 5.56 Å². The molecule has 0 bridgehead atoms. The quantitative estimate of drug-likeness (QED) is 0.361. The van der Waals surface area contributed by atoms with E-state index >= 15 is 0 Å². The highest BCUT2D eigenvalue weighted by Crippen LogP contribution is 2.40. The number of carbonyl (C=O) groups is 1. The van der Waals surface area contributed by atoms with E-state index in [1.54, 1.807) is 0 Å². The molecule has 1 aromatic rings. The van der Waals surface area contributed by atoms with Crippen molar-refractivity contribution in [1.29, 1.82) is 0 Å². The maximum atomic E-state index is 13.5. The minimum absolute atomic E-state index is 0.0816. The molecule has 4 atom stereocenters. The van der Waals surface area contributed by atoms with Crippen LogP contribution in [0.1, 0.15) is 44.8 Å². The van der Waals surface area contributed by atoms with Crippen LogP contribution in [0.25, 0.3) is 0 Å². The van der Waals surface area contributed by atoms with E-state index in [1.807, 2.05) is 26.6 Å². The number of aliphatic hydroxyl groups is 1. The Kier molecular flexibility index (Phi) is 7.61. The zero-order valence-electron chi connectivity index (χ0n) is 15.2. The van der Waals surface area contributed by atoms with Gasteiger partial charge >= 0.3 is 11.7 Å². The Morgan fingerprint density at radius 1 is 1.43 bits per heavy atom. The summed E-state index contributed by atoms with van der Waals surface area (Å²) in [5.74, 6) is -0.324. The third kappa shape index (κ3) is 5.40. The van der Waals surface area contributed by atoms with Gasteiger partial charge < -0.3 is 14.6 Å². The fourth-order valence-electron chi connectivity index (χ4n) is 3.27. The summed E-state index contributed by atoms with van der Waals surface area (Å²) < 4.78 is 25.3. The van der Waals surface area contributed by atoms with E-state index in [9.17, 15) is 23.9 Å². The van der Waals surface area contributed by atoms with Crippen LogP contribution in [0.4, 0.5) is 4.39 Å². The lowest BCUT2D eigenvalue weighted by Gasteiger charge is -2.16. The second-order valence-corrected chi connectivity index (χ2v) is 9.58. The fourth-order valence-corrected chi connectivity index (χ4v) is 6.30. The van der Waals surface area contributed by atoms with Gasteiger partial charge in [0.1, 0.15) is 18.4 Å². The average molecular weight is 435 g/mol. The molecular formula is C17H23FN2O6S2. The minimum atomic E-state index is -1.12. The van der Waals surface area contributed by atoms with Crippen molar-refractivity contribution in [2.24, 2.45) is 0 Å². The molecule has 0 saturated carbocycles. The highest BCUT2D eigenvalue weighted by atomic mass is 33.1. The molecule has 3 heterocycles. The maximum absolute atomic E-state index is 13.5. The van der Waals surface area contributed by atoms with E-state index in [0.717, 1.165) is 30.0 Å². The molecule has 0 aromatic carbocycles. The van der Waals surface area contributed by atoms with Gasteiger partial charge in [-0.05, 0) is 19.3 Å². The molecule has 0 amide bonds. The standard InChI is InChI=1S/C17H23FN2O6S2/c18-11-8-20(17(24)19-16(11)23)14-7-12(13(9-21)25-14)26-15(22)4-2-1-3-10-5-6-27-28-10/h8,10,12-14,21H,1-7,9H2,(H,19,23,24)/t10-,12+,13-,14-/m1/s1. The number of halogens is 1. The smallest absolute Gasteiger partial charge is 0.330 e. The molecule has 0 spiro atoms. The molecule has 1 aromatic heterocycles. The monoisotopic (exact) mass is 434 g/mol. The van der Waals surface area contributed by atoms with Crippen LogP contribution in [0, 0.1) is 5.82 Å². The van der Waals surface area contributed by atoms with Gasteiger partial charge in [-0.2, -0.15) is 4.39 Å². The first-order valence-electron chi connectivity index (χ1n) is 9.23. The first-order chi connectivity index (χ1) is 13.5. The molecule has 0 unspecified atom stereocenters. The van der Waals surface area contributed by atoms with Crippen LogP contribution in [0.15, 0.2) is 15.8 Å². The Labute approximate surface area is 168 Å². The van der Waals surface area contributed by atoms with E-state index in [0.29, 0.717) is 5.25 Å². The van der Waals surface area contributed by atoms with E-state index < -0.39 is 42.1 Å². The number of nitrogens with one attached hydrogen (secondary N) is 1. The Balaban J connectivity index is 1.50. The molecule has 2 saturated heterocycles. The van der Waals surface area contributed by atoms with Crippen molar-refractivity contribution in [2.45, 2.75) is 62.2 Å². The number of nitrogens with zero attached hydrogens (tertiary/aromatic N) is 1. The van der Waals surface area contributed by atoms with E-state index in [1.165, 1.54) is 12.2 Å². The number of aromatic nitrogens is 2. The number of hydrogen-bond donors (Lipinski definition) is 2. The Bertz CT molecular complexity index is 795. The maximum Gasteiger partial charge on any atom is 0.330 e. The van der Waals surface area contributed by atoms with Gasteiger partial charge in [-0.25, -0.2) is 4.79 Å². The van der Waals surface area contributed by atoms with Crippen LogP contribution in [0.5, 0.6) is 0 Å². The van der Waals surface area contributed by atoms with Crippen molar-refractivity contribution in [1.82, 2.24) is 9.55 Å². The van der Waals surface area contributed by atoms with Crippen molar-refractivity contribution < 1.29 is 23.8 Å². The Hall–Kier alpha value is -1.30. The topological polar surface area (TPSA) is 111 Å². The number of hydrogen-bond acceptors (Lipinski definition) is 8. The van der Waals surface area contributed by atoms with E-state index in [2.05, 4.69) is 0 Å². The van der Waals surface area contributed by atoms with Gasteiger partial charge in [-0.15, -0.1) is 0 Å². The summed E-state index contributed by atoms with van der Waals surface area (Å²) in [6.07, 6.45) is 2.58. The predicted octanol–water partition coefficient (Wildman–Crippen LogP) is 1.58. The normalized spacial score (nSPS) is 27.2. The molecule has 8 nitrogen and oxygen atoms in total. The lowest BCUT2D eigenvalue weighted by Crippen LogP contribution is -2.34. The van der Waals surface area contributed by atoms with Gasteiger partial charge in [0.15, 0.2) is 0 Å². The van der Waals surface area contributed by atoms with Gasteiger partial charge in [0.2, 0.25) is 5.82 Å². The number of rotatable bonds is 8. The molecule has 2 aliphatic rings. The highest BCUT2D eigenvalue weighted by molar-refractivity contribution is 8.77. The Morgan fingerprint density at radius 2 is 2.25 bits per heavy atom. The number of ether oxygens (including phenoxy) is 2. The number of aromatic amines is 1. The van der Waals surface area contributed by atoms with Crippen LogP contribution in [0.2, 0.25) is 0 Å². The van der Waals surface area contributed by atoms with Crippen LogP contribution in [0.3, 0.4) is 0 Å². The van der Waals surface area contributed by atoms with Crippen LogP contribution < -0.4 is 11.2 Å². The van der Waals surface area contributed by atoms with Crippen LogP contribution in [-0.4, -0.2) is 50.4 Å². The summed E-state index contributed by atoms with van der Waals surface area (Å²) >= 11 is 0. The highest BCUT2D eigenvalue weighted by Gasteiger charge is 2.39. The predicted molar refractivity (Wildman–Crippen MR) is 104 cm³/mol. The third-order valence-corrected chi connectivity index (χ3v) is 7.77. The van der Waals surface area contributed by atoms with Crippen molar-refractivity contribution in [3.05, 3.63) is 32.9 Å². The van der Waals surface area contributed by atoms with Gasteiger partial charge in [-0.1, -0.05) is 28.0 Å².